The molecule has 3 heterocycles. The fourth-order valence-electron chi connectivity index (χ4n) is 5.05. The number of ether oxygens (including phenoxy) is 2. The van der Waals surface area contributed by atoms with E-state index in [-0.39, 0.29) is 22.6 Å². The van der Waals surface area contributed by atoms with Crippen molar-refractivity contribution in [2.75, 3.05) is 11.5 Å². The van der Waals surface area contributed by atoms with Gasteiger partial charge >= 0.3 is 5.91 Å². The number of hydrogen-bond donors (Lipinski definition) is 1. The Balaban J connectivity index is 1.52. The lowest BCUT2D eigenvalue weighted by molar-refractivity contribution is -0.132. The minimum atomic E-state index is -0.969. The molecule has 0 saturated carbocycles. The van der Waals surface area contributed by atoms with Crippen molar-refractivity contribution in [2.45, 2.75) is 38.8 Å². The largest absolute Gasteiger partial charge is 0.507 e. The van der Waals surface area contributed by atoms with E-state index >= 15 is 0 Å². The summed E-state index contributed by atoms with van der Waals surface area (Å²) in [4.78, 5) is 32.9. The zero-order chi connectivity index (χ0) is 27.3. The quantitative estimate of drug-likeness (QED) is 0.177. The van der Waals surface area contributed by atoms with Crippen LogP contribution in [0.1, 0.15) is 43.0 Å². The second-order valence-electron chi connectivity index (χ2n) is 9.65. The summed E-state index contributed by atoms with van der Waals surface area (Å²) in [6.45, 7) is 4.46. The summed E-state index contributed by atoms with van der Waals surface area (Å²) in [5.74, 6) is -1.04. The highest BCUT2D eigenvalue weighted by Gasteiger charge is 2.48. The molecule has 6 rings (SSSR count). The Morgan fingerprint density at radius 2 is 2.03 bits per heavy atom. The lowest BCUT2D eigenvalue weighted by Crippen LogP contribution is -2.29. The van der Waals surface area contributed by atoms with Gasteiger partial charge in [-0.1, -0.05) is 30.4 Å². The van der Waals surface area contributed by atoms with Gasteiger partial charge in [-0.25, -0.2) is 9.37 Å². The van der Waals surface area contributed by atoms with Gasteiger partial charge in [-0.05, 0) is 73.0 Å². The van der Waals surface area contributed by atoms with Crippen LogP contribution in [0.5, 0.6) is 11.5 Å². The average molecular weight is 545 g/mol. The highest BCUT2D eigenvalue weighted by Crippen LogP contribution is 2.45. The van der Waals surface area contributed by atoms with Gasteiger partial charge in [-0.3, -0.25) is 14.5 Å². The van der Waals surface area contributed by atoms with E-state index < -0.39 is 23.5 Å². The first kappa shape index (κ1) is 25.1. The van der Waals surface area contributed by atoms with Gasteiger partial charge in [0.05, 0.1) is 28.4 Å². The van der Waals surface area contributed by atoms with Gasteiger partial charge in [0.2, 0.25) is 0 Å². The Morgan fingerprint density at radius 1 is 1.18 bits per heavy atom. The number of aliphatic hydroxyl groups excluding tert-OH is 1. The van der Waals surface area contributed by atoms with Gasteiger partial charge in [-0.15, -0.1) is 0 Å². The van der Waals surface area contributed by atoms with Crippen LogP contribution in [-0.2, 0) is 16.0 Å². The van der Waals surface area contributed by atoms with Crippen molar-refractivity contribution in [3.05, 3.63) is 88.7 Å². The molecule has 0 radical (unpaired) electrons. The Kier molecular flexibility index (Phi) is 6.31. The molecule has 1 amide bonds. The SMILES string of the molecule is CCCOc1cccc([C@H]2C(=C(O)c3ccc4c(c3)C[C@H](C)O4)C(=O)C(=O)N2c2nc3ccc(F)cc3s2)c1. The van der Waals surface area contributed by atoms with Crippen molar-refractivity contribution in [1.29, 1.82) is 0 Å². The zero-order valence-corrected chi connectivity index (χ0v) is 22.1. The number of ketones is 1. The molecule has 3 aromatic carbocycles. The van der Waals surface area contributed by atoms with E-state index in [1.54, 1.807) is 42.5 Å². The summed E-state index contributed by atoms with van der Waals surface area (Å²) in [5, 5.41) is 11.8. The van der Waals surface area contributed by atoms with Crippen molar-refractivity contribution in [1.82, 2.24) is 4.98 Å². The van der Waals surface area contributed by atoms with Crippen LogP contribution in [0.2, 0.25) is 0 Å². The number of thiazole rings is 1. The molecule has 0 aliphatic carbocycles. The first-order valence-electron chi connectivity index (χ1n) is 12.7. The fourth-order valence-corrected chi connectivity index (χ4v) is 6.07. The second-order valence-corrected chi connectivity index (χ2v) is 10.7. The van der Waals surface area contributed by atoms with Gasteiger partial charge in [0.25, 0.3) is 5.78 Å². The summed E-state index contributed by atoms with van der Waals surface area (Å²) >= 11 is 1.11. The normalized spacial score (nSPS) is 19.9. The highest BCUT2D eigenvalue weighted by molar-refractivity contribution is 7.22. The number of halogens is 1. The minimum absolute atomic E-state index is 0.0118. The second kappa shape index (κ2) is 9.81. The summed E-state index contributed by atoms with van der Waals surface area (Å²) in [6, 6.07) is 15.6. The summed E-state index contributed by atoms with van der Waals surface area (Å²) < 4.78 is 26.0. The smallest absolute Gasteiger partial charge is 0.301 e. The molecule has 0 unspecified atom stereocenters. The number of rotatable bonds is 6. The maximum absolute atomic E-state index is 13.9. The Morgan fingerprint density at radius 3 is 2.85 bits per heavy atom. The number of carbonyl (C=O) groups is 2. The lowest BCUT2D eigenvalue weighted by atomic mass is 9.94. The molecule has 1 fully saturated rings. The van der Waals surface area contributed by atoms with Crippen molar-refractivity contribution in [3.63, 3.8) is 0 Å². The molecule has 39 heavy (non-hydrogen) atoms. The van der Waals surface area contributed by atoms with Gasteiger partial charge < -0.3 is 14.6 Å². The van der Waals surface area contributed by atoms with Crippen LogP contribution >= 0.6 is 11.3 Å². The fraction of sp³-hybridized carbons (Fsp3) is 0.233. The number of nitrogens with zero attached hydrogens (tertiary/aromatic N) is 2. The van der Waals surface area contributed by atoms with E-state index in [2.05, 4.69) is 4.98 Å². The number of amides is 1. The number of hydrogen-bond acceptors (Lipinski definition) is 7. The van der Waals surface area contributed by atoms with E-state index in [4.69, 9.17) is 9.47 Å². The van der Waals surface area contributed by atoms with E-state index in [0.717, 1.165) is 29.1 Å². The first-order chi connectivity index (χ1) is 18.8. The number of Topliss-reactive ketones (excluding diaryl/α,β-unsaturated/α-hetero) is 1. The van der Waals surface area contributed by atoms with Gasteiger partial charge in [0, 0.05) is 12.0 Å². The summed E-state index contributed by atoms with van der Waals surface area (Å²) in [7, 11) is 0. The molecule has 2 aliphatic rings. The predicted molar refractivity (Wildman–Crippen MR) is 147 cm³/mol. The summed E-state index contributed by atoms with van der Waals surface area (Å²) in [5.41, 5.74) is 2.36. The molecule has 1 N–H and O–H groups in total. The van der Waals surface area contributed by atoms with Gasteiger partial charge in [-0.2, -0.15) is 0 Å². The van der Waals surface area contributed by atoms with Crippen molar-refractivity contribution in [3.8, 4) is 11.5 Å². The van der Waals surface area contributed by atoms with Crippen LogP contribution in [0.15, 0.2) is 66.2 Å². The molecule has 0 spiro atoms. The number of carbonyl (C=O) groups excluding carboxylic acids is 2. The first-order valence-corrected chi connectivity index (χ1v) is 13.6. The van der Waals surface area contributed by atoms with E-state index in [1.807, 2.05) is 13.8 Å². The highest BCUT2D eigenvalue weighted by atomic mass is 32.1. The topological polar surface area (TPSA) is 89.0 Å². The van der Waals surface area contributed by atoms with Crippen LogP contribution in [0, 0.1) is 5.82 Å². The van der Waals surface area contributed by atoms with Crippen molar-refractivity contribution < 1.29 is 28.6 Å². The number of aliphatic hydroxyl groups is 1. The third-order valence-electron chi connectivity index (χ3n) is 6.81. The third kappa shape index (κ3) is 4.42. The maximum Gasteiger partial charge on any atom is 0.301 e. The lowest BCUT2D eigenvalue weighted by Gasteiger charge is -2.23. The molecule has 1 saturated heterocycles. The molecule has 1 aromatic heterocycles. The van der Waals surface area contributed by atoms with Crippen molar-refractivity contribution >= 4 is 44.1 Å². The molecule has 7 nitrogen and oxygen atoms in total. The van der Waals surface area contributed by atoms with Gasteiger partial charge in [0.15, 0.2) is 5.13 Å². The monoisotopic (exact) mass is 544 g/mol. The maximum atomic E-state index is 13.9. The van der Waals surface area contributed by atoms with E-state index in [1.165, 1.54) is 23.1 Å². The summed E-state index contributed by atoms with van der Waals surface area (Å²) in [6.07, 6.45) is 1.50. The molecule has 198 valence electrons. The van der Waals surface area contributed by atoms with Crippen molar-refractivity contribution in [2.24, 2.45) is 0 Å². The number of benzene rings is 3. The standard InChI is InChI=1S/C30H25FN2O5S/c1-3-11-37-21-6-4-5-17(14-21)26-25(27(34)18-7-10-23-19(13-18)12-16(2)38-23)28(35)29(36)33(26)30-32-22-9-8-20(31)15-24(22)39-30/h4-10,13-16,26,34H,3,11-12H2,1-2H3/t16-,26-/m0/s1. The third-order valence-corrected chi connectivity index (χ3v) is 7.82. The number of fused-ring (bicyclic) bond motifs is 2. The van der Waals surface area contributed by atoms with E-state index in [0.29, 0.717) is 40.1 Å². The Hall–Kier alpha value is -4.24. The zero-order valence-electron chi connectivity index (χ0n) is 21.3. The van der Waals surface area contributed by atoms with E-state index in [9.17, 15) is 19.1 Å². The molecular formula is C30H25FN2O5S. The predicted octanol–water partition coefficient (Wildman–Crippen LogP) is 6.17. The molecule has 2 aliphatic heterocycles. The van der Waals surface area contributed by atoms with Gasteiger partial charge in [0.1, 0.15) is 29.2 Å². The number of aromatic nitrogens is 1. The van der Waals surface area contributed by atoms with Crippen LogP contribution < -0.4 is 14.4 Å². The molecule has 0 bridgehead atoms. The van der Waals surface area contributed by atoms with Crippen LogP contribution in [0.3, 0.4) is 0 Å². The van der Waals surface area contributed by atoms with Crippen LogP contribution in [-0.4, -0.2) is 34.5 Å². The van der Waals surface area contributed by atoms with Crippen LogP contribution in [0.25, 0.3) is 16.0 Å². The Labute approximate surface area is 228 Å². The Bertz CT molecular complexity index is 1660. The number of anilines is 1. The van der Waals surface area contributed by atoms with Crippen LogP contribution in [0.4, 0.5) is 9.52 Å². The molecule has 4 aromatic rings. The molecule has 2 atom stereocenters. The minimum Gasteiger partial charge on any atom is -0.507 e. The average Bonchev–Trinajstić information content (AvgIpc) is 3.59. The molecular weight excluding hydrogens is 519 g/mol. The molecule has 9 heteroatoms.